The maximum atomic E-state index is 3.53. The average molecular weight is 217 g/mol. The van der Waals surface area contributed by atoms with Gasteiger partial charge in [-0.1, -0.05) is 43.2 Å². The number of nitrogens with one attached hydrogen (secondary N) is 1. The Labute approximate surface area is 99.3 Å². The normalized spacial score (nSPS) is 25.6. The minimum atomic E-state index is 0.779. The van der Waals surface area contributed by atoms with Crippen molar-refractivity contribution in [2.45, 2.75) is 39.0 Å². The minimum absolute atomic E-state index is 0.779. The maximum absolute atomic E-state index is 3.53. The Hall–Kier alpha value is -0.820. The second kappa shape index (κ2) is 5.49. The molecule has 88 valence electrons. The minimum Gasteiger partial charge on any atom is -0.316 e. The van der Waals surface area contributed by atoms with Crippen molar-refractivity contribution in [2.24, 2.45) is 5.92 Å². The third kappa shape index (κ3) is 2.65. The Morgan fingerprint density at radius 1 is 1.25 bits per heavy atom. The van der Waals surface area contributed by atoms with Gasteiger partial charge in [0, 0.05) is 0 Å². The van der Waals surface area contributed by atoms with Crippen LogP contribution in [0.5, 0.6) is 0 Å². The number of hydrogen-bond acceptors (Lipinski definition) is 1. The summed E-state index contributed by atoms with van der Waals surface area (Å²) in [6, 6.07) is 9.16. The van der Waals surface area contributed by atoms with Crippen molar-refractivity contribution >= 4 is 0 Å². The van der Waals surface area contributed by atoms with E-state index in [0.29, 0.717) is 0 Å². The summed E-state index contributed by atoms with van der Waals surface area (Å²) in [5, 5.41) is 3.53. The largest absolute Gasteiger partial charge is 0.316 e. The molecule has 1 aromatic carbocycles. The molecule has 1 N–H and O–H groups in total. The number of aryl methyl sites for hydroxylation is 1. The first-order valence-corrected chi connectivity index (χ1v) is 6.58. The lowest BCUT2D eigenvalue weighted by Gasteiger charge is -2.32. The predicted octanol–water partition coefficient (Wildman–Crippen LogP) is 3.49. The first-order valence-electron chi connectivity index (χ1n) is 6.58. The molecule has 0 aliphatic carbocycles. The van der Waals surface area contributed by atoms with E-state index in [9.17, 15) is 0 Å². The molecule has 1 fully saturated rings. The Kier molecular flexibility index (Phi) is 4.00. The topological polar surface area (TPSA) is 12.0 Å². The molecule has 0 saturated carbocycles. The molecule has 0 spiro atoms. The molecule has 1 aliphatic rings. The Bertz CT molecular complexity index is 313. The van der Waals surface area contributed by atoms with Gasteiger partial charge in [-0.3, -0.25) is 0 Å². The quantitative estimate of drug-likeness (QED) is 0.817. The number of piperidine rings is 1. The van der Waals surface area contributed by atoms with Crippen molar-refractivity contribution in [2.75, 3.05) is 13.1 Å². The molecule has 0 radical (unpaired) electrons. The van der Waals surface area contributed by atoms with Gasteiger partial charge in [-0.2, -0.15) is 0 Å². The van der Waals surface area contributed by atoms with Gasteiger partial charge in [0.1, 0.15) is 0 Å². The van der Waals surface area contributed by atoms with E-state index in [1.54, 1.807) is 5.56 Å². The fraction of sp³-hybridized carbons (Fsp3) is 0.600. The van der Waals surface area contributed by atoms with Crippen LogP contribution in [0.15, 0.2) is 24.3 Å². The summed E-state index contributed by atoms with van der Waals surface area (Å²) in [5.74, 6) is 1.61. The number of benzene rings is 1. The fourth-order valence-electron chi connectivity index (χ4n) is 2.85. The van der Waals surface area contributed by atoms with Crippen molar-refractivity contribution in [1.29, 1.82) is 0 Å². The maximum Gasteiger partial charge on any atom is -0.00147 e. The Morgan fingerprint density at radius 2 is 2.00 bits per heavy atom. The van der Waals surface area contributed by atoms with E-state index in [-0.39, 0.29) is 0 Å². The van der Waals surface area contributed by atoms with Gasteiger partial charge in [-0.05, 0) is 50.3 Å². The molecule has 0 amide bonds. The van der Waals surface area contributed by atoms with Crippen molar-refractivity contribution in [3.05, 3.63) is 35.4 Å². The average Bonchev–Trinajstić information content (AvgIpc) is 2.32. The van der Waals surface area contributed by atoms with Crippen molar-refractivity contribution < 1.29 is 0 Å². The molecule has 2 rings (SSSR count). The second-order valence-corrected chi connectivity index (χ2v) is 5.06. The smallest absolute Gasteiger partial charge is 0.00147 e. The van der Waals surface area contributed by atoms with Crippen LogP contribution >= 0.6 is 0 Å². The molecule has 2 unspecified atom stereocenters. The molecule has 0 bridgehead atoms. The molecule has 1 saturated heterocycles. The van der Waals surface area contributed by atoms with E-state index in [1.165, 1.54) is 37.9 Å². The van der Waals surface area contributed by atoms with E-state index in [2.05, 4.69) is 43.4 Å². The van der Waals surface area contributed by atoms with Crippen LogP contribution in [0.25, 0.3) is 0 Å². The van der Waals surface area contributed by atoms with E-state index in [1.807, 2.05) is 0 Å². The lowest BCUT2D eigenvalue weighted by atomic mass is 9.79. The van der Waals surface area contributed by atoms with Crippen LogP contribution in [0.1, 0.15) is 43.2 Å². The highest BCUT2D eigenvalue weighted by molar-refractivity contribution is 5.25. The van der Waals surface area contributed by atoms with Crippen LogP contribution in [-0.2, 0) is 0 Å². The van der Waals surface area contributed by atoms with E-state index >= 15 is 0 Å². The third-order valence-electron chi connectivity index (χ3n) is 3.77. The first-order chi connectivity index (χ1) is 7.81. The van der Waals surface area contributed by atoms with Crippen molar-refractivity contribution in [1.82, 2.24) is 5.32 Å². The zero-order valence-electron chi connectivity index (χ0n) is 10.5. The highest BCUT2D eigenvalue weighted by atomic mass is 14.9. The van der Waals surface area contributed by atoms with Gasteiger partial charge in [-0.25, -0.2) is 0 Å². The highest BCUT2D eigenvalue weighted by Crippen LogP contribution is 2.33. The highest BCUT2D eigenvalue weighted by Gasteiger charge is 2.25. The third-order valence-corrected chi connectivity index (χ3v) is 3.77. The van der Waals surface area contributed by atoms with Crippen LogP contribution in [0, 0.1) is 12.8 Å². The SMILES string of the molecule is CCCC1CNCCC1c1ccc(C)cc1. The van der Waals surface area contributed by atoms with Crippen LogP contribution in [-0.4, -0.2) is 13.1 Å². The second-order valence-electron chi connectivity index (χ2n) is 5.06. The first kappa shape index (κ1) is 11.7. The zero-order valence-corrected chi connectivity index (χ0v) is 10.5. The van der Waals surface area contributed by atoms with Gasteiger partial charge in [0.2, 0.25) is 0 Å². The van der Waals surface area contributed by atoms with Crippen LogP contribution in [0.4, 0.5) is 0 Å². The molecule has 2 atom stereocenters. The monoisotopic (exact) mass is 217 g/mol. The van der Waals surface area contributed by atoms with Gasteiger partial charge in [0.05, 0.1) is 0 Å². The predicted molar refractivity (Wildman–Crippen MR) is 69.8 cm³/mol. The number of rotatable bonds is 3. The summed E-state index contributed by atoms with van der Waals surface area (Å²) < 4.78 is 0. The van der Waals surface area contributed by atoms with E-state index in [0.717, 1.165) is 11.8 Å². The summed E-state index contributed by atoms with van der Waals surface area (Å²) in [7, 11) is 0. The van der Waals surface area contributed by atoms with Crippen molar-refractivity contribution in [3.8, 4) is 0 Å². The van der Waals surface area contributed by atoms with Crippen LogP contribution in [0.2, 0.25) is 0 Å². The molecular formula is C15H23N. The summed E-state index contributed by atoms with van der Waals surface area (Å²) >= 11 is 0. The molecular weight excluding hydrogens is 194 g/mol. The summed E-state index contributed by atoms with van der Waals surface area (Å²) in [5.41, 5.74) is 2.91. The Balaban J connectivity index is 2.13. The van der Waals surface area contributed by atoms with Gasteiger partial charge in [0.25, 0.3) is 0 Å². The van der Waals surface area contributed by atoms with E-state index < -0.39 is 0 Å². The lowest BCUT2D eigenvalue weighted by Crippen LogP contribution is -2.35. The van der Waals surface area contributed by atoms with Gasteiger partial charge < -0.3 is 5.32 Å². The van der Waals surface area contributed by atoms with E-state index in [4.69, 9.17) is 0 Å². The number of hydrogen-bond donors (Lipinski definition) is 1. The molecule has 1 heteroatoms. The molecule has 1 heterocycles. The Morgan fingerprint density at radius 3 is 2.69 bits per heavy atom. The fourth-order valence-corrected chi connectivity index (χ4v) is 2.85. The van der Waals surface area contributed by atoms with Gasteiger partial charge in [0.15, 0.2) is 0 Å². The van der Waals surface area contributed by atoms with Crippen molar-refractivity contribution in [3.63, 3.8) is 0 Å². The molecule has 1 aliphatic heterocycles. The van der Waals surface area contributed by atoms with Gasteiger partial charge >= 0.3 is 0 Å². The lowest BCUT2D eigenvalue weighted by molar-refractivity contribution is 0.307. The zero-order chi connectivity index (χ0) is 11.4. The molecule has 1 nitrogen and oxygen atoms in total. The standard InChI is InChI=1S/C15H23N/c1-3-4-14-11-16-10-9-15(14)13-7-5-12(2)6-8-13/h5-8,14-16H,3-4,9-11H2,1-2H3. The summed E-state index contributed by atoms with van der Waals surface area (Å²) in [4.78, 5) is 0. The molecule has 16 heavy (non-hydrogen) atoms. The molecule has 0 aromatic heterocycles. The van der Waals surface area contributed by atoms with Crippen LogP contribution < -0.4 is 5.32 Å². The summed E-state index contributed by atoms with van der Waals surface area (Å²) in [6.45, 7) is 6.83. The summed E-state index contributed by atoms with van der Waals surface area (Å²) in [6.07, 6.45) is 3.95. The molecule has 1 aromatic rings. The van der Waals surface area contributed by atoms with Gasteiger partial charge in [-0.15, -0.1) is 0 Å². The van der Waals surface area contributed by atoms with Crippen LogP contribution in [0.3, 0.4) is 0 Å².